The first-order valence-corrected chi connectivity index (χ1v) is 6.18. The van der Waals surface area contributed by atoms with Crippen LogP contribution in [0.15, 0.2) is 28.0 Å². The van der Waals surface area contributed by atoms with Gasteiger partial charge in [-0.2, -0.15) is 0 Å². The Morgan fingerprint density at radius 2 is 2.00 bits per heavy atom. The second kappa shape index (κ2) is 5.56. The van der Waals surface area contributed by atoms with E-state index in [1.807, 2.05) is 0 Å². The van der Waals surface area contributed by atoms with E-state index in [2.05, 4.69) is 15.0 Å². The Balaban J connectivity index is 2.40. The van der Waals surface area contributed by atoms with Gasteiger partial charge in [-0.3, -0.25) is 14.8 Å². The molecule has 1 aromatic carbocycles. The highest BCUT2D eigenvalue weighted by molar-refractivity contribution is 7.71. The SMILES string of the molecule is O=c1[nH]c(=S)[nH]c(O)c1C=Nc1ccc(Cl)c(Cl)c1. The molecule has 1 heterocycles. The van der Waals surface area contributed by atoms with Gasteiger partial charge >= 0.3 is 0 Å². The summed E-state index contributed by atoms with van der Waals surface area (Å²) in [6, 6.07) is 4.75. The molecule has 0 saturated heterocycles. The molecular formula is C11H7Cl2N3O2S. The largest absolute Gasteiger partial charge is 0.494 e. The second-order valence-corrected chi connectivity index (χ2v) is 4.75. The number of H-pyrrole nitrogens is 2. The third kappa shape index (κ3) is 3.23. The summed E-state index contributed by atoms with van der Waals surface area (Å²) in [4.78, 5) is 20.3. The van der Waals surface area contributed by atoms with Gasteiger partial charge in [0.15, 0.2) is 4.77 Å². The number of benzene rings is 1. The van der Waals surface area contributed by atoms with Crippen LogP contribution in [0.5, 0.6) is 5.88 Å². The molecule has 0 aliphatic carbocycles. The fourth-order valence-electron chi connectivity index (χ4n) is 1.31. The van der Waals surface area contributed by atoms with Crippen LogP contribution in [0.2, 0.25) is 10.0 Å². The van der Waals surface area contributed by atoms with Crippen molar-refractivity contribution in [1.29, 1.82) is 0 Å². The number of aromatic amines is 2. The number of hydrogen-bond acceptors (Lipinski definition) is 4. The summed E-state index contributed by atoms with van der Waals surface area (Å²) in [7, 11) is 0. The topological polar surface area (TPSA) is 81.2 Å². The first-order valence-electron chi connectivity index (χ1n) is 5.02. The highest BCUT2D eigenvalue weighted by atomic mass is 35.5. The van der Waals surface area contributed by atoms with E-state index in [-0.39, 0.29) is 16.2 Å². The van der Waals surface area contributed by atoms with Crippen molar-refractivity contribution in [2.75, 3.05) is 0 Å². The van der Waals surface area contributed by atoms with Gasteiger partial charge in [0.1, 0.15) is 5.56 Å². The fourth-order valence-corrected chi connectivity index (χ4v) is 1.79. The van der Waals surface area contributed by atoms with Crippen LogP contribution < -0.4 is 5.56 Å². The van der Waals surface area contributed by atoms with Crippen molar-refractivity contribution in [3.63, 3.8) is 0 Å². The van der Waals surface area contributed by atoms with Gasteiger partial charge in [0, 0.05) is 6.21 Å². The predicted octanol–water partition coefficient (Wildman–Crippen LogP) is 3.20. The number of rotatable bonds is 2. The summed E-state index contributed by atoms with van der Waals surface area (Å²) < 4.78 is 0.0363. The minimum atomic E-state index is -0.537. The lowest BCUT2D eigenvalue weighted by Crippen LogP contribution is -2.13. The van der Waals surface area contributed by atoms with Gasteiger partial charge in [0.2, 0.25) is 5.88 Å². The Morgan fingerprint density at radius 1 is 1.26 bits per heavy atom. The Hall–Kier alpha value is -1.63. The molecule has 0 amide bonds. The van der Waals surface area contributed by atoms with Crippen LogP contribution in [-0.2, 0) is 0 Å². The molecule has 2 aromatic rings. The number of hydrogen-bond donors (Lipinski definition) is 3. The summed E-state index contributed by atoms with van der Waals surface area (Å²) in [5, 5.41) is 10.3. The maximum absolute atomic E-state index is 11.6. The normalized spacial score (nSPS) is 11.1. The van der Waals surface area contributed by atoms with E-state index >= 15 is 0 Å². The Labute approximate surface area is 122 Å². The number of nitrogens with zero attached hydrogens (tertiary/aromatic N) is 1. The summed E-state index contributed by atoms with van der Waals surface area (Å²) in [6.07, 6.45) is 1.21. The molecule has 0 aliphatic rings. The Bertz CT molecular complexity index is 767. The number of nitrogens with one attached hydrogen (secondary N) is 2. The summed E-state index contributed by atoms with van der Waals surface area (Å²) in [5.74, 6) is -0.349. The molecule has 0 saturated carbocycles. The van der Waals surface area contributed by atoms with Gasteiger partial charge in [-0.15, -0.1) is 0 Å². The average Bonchev–Trinajstić information content (AvgIpc) is 2.32. The fraction of sp³-hybridized carbons (Fsp3) is 0. The predicted molar refractivity (Wildman–Crippen MR) is 77.6 cm³/mol. The minimum Gasteiger partial charge on any atom is -0.494 e. The van der Waals surface area contributed by atoms with Gasteiger partial charge in [-0.25, -0.2) is 0 Å². The third-order valence-corrected chi connectivity index (χ3v) is 3.15. The molecule has 0 aliphatic heterocycles. The van der Waals surface area contributed by atoms with E-state index < -0.39 is 5.56 Å². The number of aromatic hydroxyl groups is 1. The molecule has 0 unspecified atom stereocenters. The van der Waals surface area contributed by atoms with Gasteiger partial charge in [-0.05, 0) is 30.4 Å². The standard InChI is InChI=1S/C11H7Cl2N3O2S/c12-7-2-1-5(3-8(7)13)14-4-6-9(17)15-11(19)16-10(6)18/h1-4H,(H3,15,16,17,18,19). The number of aliphatic imine (C=N–C) groups is 1. The lowest BCUT2D eigenvalue weighted by Gasteiger charge is -1.99. The Morgan fingerprint density at radius 3 is 2.63 bits per heavy atom. The molecule has 0 spiro atoms. The zero-order valence-electron chi connectivity index (χ0n) is 9.28. The van der Waals surface area contributed by atoms with Crippen molar-refractivity contribution in [3.8, 4) is 5.88 Å². The molecule has 19 heavy (non-hydrogen) atoms. The number of aromatic nitrogens is 2. The van der Waals surface area contributed by atoms with Crippen molar-refractivity contribution in [3.05, 3.63) is 48.9 Å². The molecule has 98 valence electrons. The van der Waals surface area contributed by atoms with Crippen molar-refractivity contribution >= 4 is 47.3 Å². The zero-order chi connectivity index (χ0) is 14.0. The summed E-state index contributed by atoms with van der Waals surface area (Å²) >= 11 is 16.3. The van der Waals surface area contributed by atoms with E-state index in [9.17, 15) is 9.90 Å². The molecule has 1 aromatic heterocycles. The smallest absolute Gasteiger partial charge is 0.264 e. The maximum Gasteiger partial charge on any atom is 0.264 e. The van der Waals surface area contributed by atoms with E-state index in [0.717, 1.165) is 0 Å². The van der Waals surface area contributed by atoms with E-state index in [0.29, 0.717) is 15.7 Å². The van der Waals surface area contributed by atoms with Gasteiger partial charge < -0.3 is 10.1 Å². The van der Waals surface area contributed by atoms with E-state index in [1.54, 1.807) is 12.1 Å². The van der Waals surface area contributed by atoms with Crippen LogP contribution in [-0.4, -0.2) is 21.3 Å². The van der Waals surface area contributed by atoms with Crippen LogP contribution in [0, 0.1) is 4.77 Å². The van der Waals surface area contributed by atoms with Crippen LogP contribution in [0.1, 0.15) is 5.56 Å². The van der Waals surface area contributed by atoms with Crippen LogP contribution in [0.25, 0.3) is 0 Å². The zero-order valence-corrected chi connectivity index (χ0v) is 11.6. The van der Waals surface area contributed by atoms with E-state index in [1.165, 1.54) is 12.3 Å². The highest BCUT2D eigenvalue weighted by Gasteiger charge is 2.04. The van der Waals surface area contributed by atoms with Gasteiger partial charge in [0.25, 0.3) is 5.56 Å². The third-order valence-electron chi connectivity index (χ3n) is 2.20. The molecule has 0 atom stereocenters. The lowest BCUT2D eigenvalue weighted by molar-refractivity contribution is 0.449. The maximum atomic E-state index is 11.6. The molecule has 0 fully saturated rings. The molecule has 0 bridgehead atoms. The average molecular weight is 316 g/mol. The van der Waals surface area contributed by atoms with Crippen LogP contribution >= 0.6 is 35.4 Å². The summed E-state index contributed by atoms with van der Waals surface area (Å²) in [6.45, 7) is 0. The molecule has 0 radical (unpaired) electrons. The molecule has 3 N–H and O–H groups in total. The molecule has 8 heteroatoms. The number of halogens is 2. The molecular weight excluding hydrogens is 309 g/mol. The first kappa shape index (κ1) is 13.8. The monoisotopic (exact) mass is 315 g/mol. The van der Waals surface area contributed by atoms with Crippen molar-refractivity contribution in [2.24, 2.45) is 4.99 Å². The molecule has 2 rings (SSSR count). The van der Waals surface area contributed by atoms with E-state index in [4.69, 9.17) is 35.4 Å². The second-order valence-electron chi connectivity index (χ2n) is 3.53. The summed E-state index contributed by atoms with van der Waals surface area (Å²) in [5.41, 5.74) is -0.0691. The van der Waals surface area contributed by atoms with Gasteiger partial charge in [0.05, 0.1) is 15.7 Å². The van der Waals surface area contributed by atoms with Crippen LogP contribution in [0.3, 0.4) is 0 Å². The highest BCUT2D eigenvalue weighted by Crippen LogP contribution is 2.26. The first-order chi connectivity index (χ1) is 8.97. The van der Waals surface area contributed by atoms with Crippen molar-refractivity contribution in [1.82, 2.24) is 9.97 Å². The minimum absolute atomic E-state index is 0.0281. The van der Waals surface area contributed by atoms with Crippen LogP contribution in [0.4, 0.5) is 5.69 Å². The molecule has 5 nitrogen and oxygen atoms in total. The van der Waals surface area contributed by atoms with Crippen molar-refractivity contribution < 1.29 is 5.11 Å². The van der Waals surface area contributed by atoms with Crippen molar-refractivity contribution in [2.45, 2.75) is 0 Å². The van der Waals surface area contributed by atoms with Gasteiger partial charge in [-0.1, -0.05) is 23.2 Å². The quantitative estimate of drug-likeness (QED) is 0.588. The lowest BCUT2D eigenvalue weighted by atomic mass is 10.3. The Kier molecular flexibility index (Phi) is 4.04.